The Hall–Kier alpha value is -2.71. The number of imidazole rings is 1. The van der Waals surface area contributed by atoms with Crippen molar-refractivity contribution >= 4 is 44.8 Å². The number of fused-ring (bicyclic) bond motifs is 1. The molecule has 0 aliphatic carbocycles. The van der Waals surface area contributed by atoms with Gasteiger partial charge in [-0.1, -0.05) is 34.1 Å². The van der Waals surface area contributed by atoms with Gasteiger partial charge in [0, 0.05) is 11.8 Å². The number of hydrogen-bond acceptors (Lipinski definition) is 4. The highest BCUT2D eigenvalue weighted by atomic mass is 79.9. The summed E-state index contributed by atoms with van der Waals surface area (Å²) in [6.07, 6.45) is 5.45. The topological polar surface area (TPSA) is 63.7 Å². The lowest BCUT2D eigenvalue weighted by Crippen LogP contribution is -2.48. The van der Waals surface area contributed by atoms with E-state index in [1.165, 1.54) is 17.3 Å². The summed E-state index contributed by atoms with van der Waals surface area (Å²) in [6.45, 7) is 8.26. The minimum Gasteiger partial charge on any atom is -0.271 e. The number of rotatable bonds is 5. The van der Waals surface area contributed by atoms with Crippen molar-refractivity contribution in [1.82, 2.24) is 14.5 Å². The van der Waals surface area contributed by atoms with Gasteiger partial charge in [0.2, 0.25) is 12.4 Å². The first-order chi connectivity index (χ1) is 14.8. The lowest BCUT2D eigenvalue weighted by molar-refractivity contribution is -0.643. The van der Waals surface area contributed by atoms with Crippen molar-refractivity contribution in [2.75, 3.05) is 11.2 Å². The van der Waals surface area contributed by atoms with E-state index in [4.69, 9.17) is 4.98 Å². The molecule has 0 saturated heterocycles. The summed E-state index contributed by atoms with van der Waals surface area (Å²) in [5.74, 6) is 0.114. The van der Waals surface area contributed by atoms with Crippen LogP contribution >= 0.6 is 27.7 Å². The van der Waals surface area contributed by atoms with Crippen molar-refractivity contribution in [3.8, 4) is 5.69 Å². The van der Waals surface area contributed by atoms with Gasteiger partial charge in [-0.05, 0) is 73.0 Å². The Balaban J connectivity index is 1.66. The maximum Gasteiger partial charge on any atom is 0.285 e. The quantitative estimate of drug-likeness (QED) is 0.324. The summed E-state index contributed by atoms with van der Waals surface area (Å²) in [5.41, 5.74) is 10.1. The normalized spacial score (nSPS) is 11.1. The van der Waals surface area contributed by atoms with Gasteiger partial charge in [0.15, 0.2) is 10.8 Å². The third-order valence-corrected chi connectivity index (χ3v) is 6.17. The SMILES string of the molecule is Cc1cc(C)c(-n2c(SCC(=O)N[n+]3cc(C)cc(Br)c3)nc3cccnc32)c(C)c1. The molecule has 4 aromatic rings. The number of carbonyl (C=O) groups excluding carboxylic acids is 1. The first kappa shape index (κ1) is 21.5. The number of carbonyl (C=O) groups is 1. The van der Waals surface area contributed by atoms with Crippen LogP contribution in [0.2, 0.25) is 0 Å². The first-order valence-electron chi connectivity index (χ1n) is 9.84. The molecule has 0 fully saturated rings. The summed E-state index contributed by atoms with van der Waals surface area (Å²) in [7, 11) is 0. The molecular weight excluding hydrogens is 474 g/mol. The van der Waals surface area contributed by atoms with E-state index >= 15 is 0 Å². The van der Waals surface area contributed by atoms with Crippen LogP contribution in [0.3, 0.4) is 0 Å². The molecule has 1 aromatic carbocycles. The second kappa shape index (κ2) is 8.80. The van der Waals surface area contributed by atoms with Gasteiger partial charge in [-0.15, -0.1) is 5.43 Å². The molecule has 0 unspecified atom stereocenters. The smallest absolute Gasteiger partial charge is 0.271 e. The maximum absolute atomic E-state index is 12.6. The average molecular weight is 497 g/mol. The van der Waals surface area contributed by atoms with Crippen LogP contribution in [-0.4, -0.2) is 26.2 Å². The zero-order valence-corrected chi connectivity index (χ0v) is 20.2. The third kappa shape index (κ3) is 4.65. The number of aromatic nitrogens is 4. The number of aryl methyl sites for hydroxylation is 4. The highest BCUT2D eigenvalue weighted by Crippen LogP contribution is 2.31. The molecule has 0 bridgehead atoms. The lowest BCUT2D eigenvalue weighted by Gasteiger charge is -2.15. The molecule has 0 radical (unpaired) electrons. The molecule has 31 heavy (non-hydrogen) atoms. The molecule has 1 N–H and O–H groups in total. The Bertz CT molecular complexity index is 1260. The van der Waals surface area contributed by atoms with Gasteiger partial charge in [-0.2, -0.15) is 0 Å². The van der Waals surface area contributed by atoms with Crippen molar-refractivity contribution in [2.45, 2.75) is 32.9 Å². The fourth-order valence-corrected chi connectivity index (χ4v) is 5.14. The van der Waals surface area contributed by atoms with Crippen molar-refractivity contribution in [2.24, 2.45) is 0 Å². The molecular formula is C23H23BrN5OS+. The minimum absolute atomic E-state index is 0.114. The number of benzene rings is 1. The van der Waals surface area contributed by atoms with Gasteiger partial charge >= 0.3 is 0 Å². The summed E-state index contributed by atoms with van der Waals surface area (Å²) >= 11 is 4.85. The minimum atomic E-state index is -0.114. The molecule has 8 heteroatoms. The molecule has 0 aliphatic heterocycles. The van der Waals surface area contributed by atoms with Crippen molar-refractivity contribution in [3.05, 3.63) is 75.6 Å². The lowest BCUT2D eigenvalue weighted by atomic mass is 10.1. The molecule has 1 amide bonds. The zero-order valence-electron chi connectivity index (χ0n) is 17.8. The monoisotopic (exact) mass is 496 g/mol. The van der Waals surface area contributed by atoms with Crippen LogP contribution in [0.5, 0.6) is 0 Å². The van der Waals surface area contributed by atoms with Crippen molar-refractivity contribution < 1.29 is 9.47 Å². The number of pyridine rings is 2. The van der Waals surface area contributed by atoms with Gasteiger partial charge in [-0.3, -0.25) is 9.36 Å². The number of thioether (sulfide) groups is 1. The van der Waals surface area contributed by atoms with E-state index in [1.54, 1.807) is 10.9 Å². The van der Waals surface area contributed by atoms with E-state index in [0.717, 1.165) is 43.2 Å². The van der Waals surface area contributed by atoms with E-state index in [1.807, 2.05) is 37.5 Å². The van der Waals surface area contributed by atoms with Crippen LogP contribution in [0.15, 0.2) is 58.6 Å². The molecule has 4 rings (SSSR count). The second-order valence-corrected chi connectivity index (χ2v) is 9.44. The van der Waals surface area contributed by atoms with Gasteiger partial charge in [0.05, 0.1) is 15.9 Å². The summed E-state index contributed by atoms with van der Waals surface area (Å²) in [5, 5.41) is 0.745. The van der Waals surface area contributed by atoms with E-state index in [2.05, 4.69) is 63.8 Å². The van der Waals surface area contributed by atoms with Crippen LogP contribution in [0.1, 0.15) is 22.3 Å². The Morgan fingerprint density at radius 3 is 2.58 bits per heavy atom. The average Bonchev–Trinajstić information content (AvgIpc) is 3.03. The van der Waals surface area contributed by atoms with Crippen LogP contribution in [0, 0.1) is 27.7 Å². The van der Waals surface area contributed by atoms with Gasteiger partial charge in [0.25, 0.3) is 5.91 Å². The molecule has 3 heterocycles. The standard InChI is InChI=1S/C23H22BrN5OS/c1-14-8-16(3)21(17(4)9-14)29-22-19(6-5-7-25-22)26-23(29)31-13-20(30)27-28-11-15(2)10-18(24)12-28/h5-12H,13H2,1-4H3/p+1. The van der Waals surface area contributed by atoms with E-state index < -0.39 is 0 Å². The van der Waals surface area contributed by atoms with E-state index in [0.29, 0.717) is 0 Å². The molecule has 3 aromatic heterocycles. The molecule has 158 valence electrons. The molecule has 6 nitrogen and oxygen atoms in total. The number of hydrogen-bond donors (Lipinski definition) is 1. The predicted octanol–water partition coefficient (Wildman–Crippen LogP) is 4.57. The fourth-order valence-electron chi connectivity index (χ4n) is 3.77. The van der Waals surface area contributed by atoms with Crippen molar-refractivity contribution in [1.29, 1.82) is 0 Å². The maximum atomic E-state index is 12.6. The zero-order chi connectivity index (χ0) is 22.1. The predicted molar refractivity (Wildman–Crippen MR) is 127 cm³/mol. The Morgan fingerprint density at radius 2 is 1.87 bits per heavy atom. The highest BCUT2D eigenvalue weighted by Gasteiger charge is 2.19. The second-order valence-electron chi connectivity index (χ2n) is 7.59. The number of nitrogens with zero attached hydrogens (tertiary/aromatic N) is 4. The van der Waals surface area contributed by atoms with Crippen LogP contribution in [0.4, 0.5) is 0 Å². The molecule has 0 atom stereocenters. The van der Waals surface area contributed by atoms with Crippen molar-refractivity contribution in [3.63, 3.8) is 0 Å². The van der Waals surface area contributed by atoms with Crippen LogP contribution in [0.25, 0.3) is 16.9 Å². The van der Waals surface area contributed by atoms with E-state index in [9.17, 15) is 4.79 Å². The van der Waals surface area contributed by atoms with Gasteiger partial charge < -0.3 is 0 Å². The summed E-state index contributed by atoms with van der Waals surface area (Å²) in [4.78, 5) is 22.0. The number of nitrogens with one attached hydrogen (secondary N) is 1. The van der Waals surface area contributed by atoms with Gasteiger partial charge in [-0.25, -0.2) is 9.97 Å². The van der Waals surface area contributed by atoms with E-state index in [-0.39, 0.29) is 11.7 Å². The Labute approximate surface area is 193 Å². The first-order valence-corrected chi connectivity index (χ1v) is 11.6. The summed E-state index contributed by atoms with van der Waals surface area (Å²) < 4.78 is 4.63. The largest absolute Gasteiger partial charge is 0.285 e. The summed E-state index contributed by atoms with van der Waals surface area (Å²) in [6, 6.07) is 10.1. The molecule has 0 spiro atoms. The Morgan fingerprint density at radius 1 is 1.13 bits per heavy atom. The number of halogens is 1. The molecule has 0 saturated carbocycles. The third-order valence-electron chi connectivity index (χ3n) is 4.80. The molecule has 0 aliphatic rings. The van der Waals surface area contributed by atoms with Crippen LogP contribution < -0.4 is 10.1 Å². The Kier molecular flexibility index (Phi) is 6.11. The van der Waals surface area contributed by atoms with Gasteiger partial charge in [0.1, 0.15) is 5.52 Å². The van der Waals surface area contributed by atoms with Crippen LogP contribution in [-0.2, 0) is 4.79 Å². The fraction of sp³-hybridized carbons (Fsp3) is 0.217. The number of amides is 1. The highest BCUT2D eigenvalue weighted by molar-refractivity contribution is 9.10.